The molecule has 2 heterocycles. The Balaban J connectivity index is 1.50. The summed E-state index contributed by atoms with van der Waals surface area (Å²) in [6.45, 7) is 9.08. The number of imidazole rings is 1. The number of hydrogen-bond acceptors (Lipinski definition) is 2. The van der Waals surface area contributed by atoms with Gasteiger partial charge in [-0.25, -0.2) is 4.98 Å². The average Bonchev–Trinajstić information content (AvgIpc) is 3.63. The molecule has 5 aromatic carbocycles. The minimum absolute atomic E-state index is 0.371. The van der Waals surface area contributed by atoms with Crippen LogP contribution in [-0.2, 0) is 5.41 Å². The van der Waals surface area contributed by atoms with Gasteiger partial charge in [0.05, 0.1) is 16.8 Å². The average molecular weight is 624 g/mol. The molecular weight excluding hydrogens is 583 g/mol. The van der Waals surface area contributed by atoms with Crippen LogP contribution in [0.2, 0.25) is 0 Å². The first kappa shape index (κ1) is 31.1. The van der Waals surface area contributed by atoms with Crippen LogP contribution in [0.5, 0.6) is 0 Å². The van der Waals surface area contributed by atoms with Gasteiger partial charge in [-0.05, 0) is 69.5 Å². The van der Waals surface area contributed by atoms with Crippen molar-refractivity contribution in [2.45, 2.75) is 44.9 Å². The molecule has 2 aromatic heterocycles. The zero-order valence-electron chi connectivity index (χ0n) is 28.1. The normalized spacial score (nSPS) is 11.7. The van der Waals surface area contributed by atoms with Crippen molar-refractivity contribution in [1.82, 2.24) is 14.5 Å². The van der Waals surface area contributed by atoms with E-state index in [1.807, 2.05) is 24.5 Å². The molecule has 48 heavy (non-hydrogen) atoms. The van der Waals surface area contributed by atoms with E-state index in [-0.39, 0.29) is 0 Å². The molecule has 3 heteroatoms. The zero-order valence-corrected chi connectivity index (χ0v) is 28.1. The van der Waals surface area contributed by atoms with Crippen molar-refractivity contribution in [2.24, 2.45) is 0 Å². The highest BCUT2D eigenvalue weighted by molar-refractivity contribution is 5.69. The lowest BCUT2D eigenvalue weighted by molar-refractivity contribution is 0.745. The second kappa shape index (κ2) is 13.3. The Morgan fingerprint density at radius 3 is 1.56 bits per heavy atom. The predicted molar refractivity (Wildman–Crippen MR) is 199 cm³/mol. The van der Waals surface area contributed by atoms with Crippen LogP contribution >= 0.6 is 0 Å². The minimum Gasteiger partial charge on any atom is -0.299 e. The summed E-state index contributed by atoms with van der Waals surface area (Å²) in [5.74, 6) is 1.68. The summed E-state index contributed by atoms with van der Waals surface area (Å²) in [7, 11) is 0. The van der Waals surface area contributed by atoms with E-state index in [1.54, 1.807) is 0 Å². The van der Waals surface area contributed by atoms with Gasteiger partial charge in [-0.2, -0.15) is 0 Å². The summed E-state index contributed by atoms with van der Waals surface area (Å²) in [4.78, 5) is 9.72. The maximum absolute atomic E-state index is 5.01. The topological polar surface area (TPSA) is 30.7 Å². The molecule has 0 aliphatic rings. The molecule has 0 bridgehead atoms. The van der Waals surface area contributed by atoms with E-state index in [0.717, 1.165) is 22.6 Å². The maximum atomic E-state index is 5.01. The summed E-state index contributed by atoms with van der Waals surface area (Å²) in [6.07, 6.45) is 5.91. The van der Waals surface area contributed by atoms with Crippen molar-refractivity contribution < 1.29 is 0 Å². The number of aromatic nitrogens is 3. The van der Waals surface area contributed by atoms with Crippen LogP contribution in [0.25, 0.3) is 28.3 Å². The monoisotopic (exact) mass is 623 g/mol. The molecule has 236 valence electrons. The minimum atomic E-state index is -0.611. The Morgan fingerprint density at radius 1 is 0.479 bits per heavy atom. The Bertz CT molecular complexity index is 2060. The van der Waals surface area contributed by atoms with Gasteiger partial charge < -0.3 is 0 Å². The molecule has 0 atom stereocenters. The highest BCUT2D eigenvalue weighted by Crippen LogP contribution is 2.47. The Morgan fingerprint density at radius 2 is 1.00 bits per heavy atom. The molecule has 0 saturated heterocycles. The van der Waals surface area contributed by atoms with Crippen LogP contribution in [0.1, 0.15) is 72.9 Å². The van der Waals surface area contributed by atoms with Gasteiger partial charge in [-0.15, -0.1) is 0 Å². The van der Waals surface area contributed by atoms with Crippen molar-refractivity contribution in [3.63, 3.8) is 0 Å². The first-order valence-electron chi connectivity index (χ1n) is 16.9. The standard InChI is InChI=1S/C45H41N3/c1-32(2)40-24-15-25-41(33(3)4)43(40)48-29-28-47-44(48)35-17-14-23-39(31-35)45(36-18-7-5-8-19-36,37-20-9-6-10-21-37)38-22-13-16-34(30-38)42-26-11-12-27-46-42/h5-33H,1-4H3. The van der Waals surface area contributed by atoms with Crippen LogP contribution in [0.15, 0.2) is 164 Å². The Hall–Kier alpha value is -5.54. The van der Waals surface area contributed by atoms with Crippen molar-refractivity contribution in [2.75, 3.05) is 0 Å². The third kappa shape index (κ3) is 5.56. The fourth-order valence-electron chi connectivity index (χ4n) is 7.20. The molecule has 0 fully saturated rings. The Labute approximate surface area is 284 Å². The van der Waals surface area contributed by atoms with Crippen LogP contribution < -0.4 is 0 Å². The van der Waals surface area contributed by atoms with E-state index in [1.165, 1.54) is 39.1 Å². The van der Waals surface area contributed by atoms with E-state index in [9.17, 15) is 0 Å². The molecule has 0 spiro atoms. The number of nitrogens with zero attached hydrogens (tertiary/aromatic N) is 3. The van der Waals surface area contributed by atoms with Crippen molar-refractivity contribution in [3.05, 3.63) is 198 Å². The number of para-hydroxylation sites is 1. The molecule has 0 saturated carbocycles. The Kier molecular flexibility index (Phi) is 8.61. The third-order valence-corrected chi connectivity index (χ3v) is 9.45. The molecule has 0 amide bonds. The second-order valence-corrected chi connectivity index (χ2v) is 13.1. The number of hydrogen-bond donors (Lipinski definition) is 0. The maximum Gasteiger partial charge on any atom is 0.144 e. The van der Waals surface area contributed by atoms with Crippen LogP contribution in [0.3, 0.4) is 0 Å². The summed E-state index contributed by atoms with van der Waals surface area (Å²) < 4.78 is 2.30. The van der Waals surface area contributed by atoms with Crippen molar-refractivity contribution in [1.29, 1.82) is 0 Å². The van der Waals surface area contributed by atoms with E-state index in [4.69, 9.17) is 9.97 Å². The predicted octanol–water partition coefficient (Wildman–Crippen LogP) is 11.2. The quantitative estimate of drug-likeness (QED) is 0.150. The third-order valence-electron chi connectivity index (χ3n) is 9.45. The fourth-order valence-corrected chi connectivity index (χ4v) is 7.20. The lowest BCUT2D eigenvalue weighted by Crippen LogP contribution is -2.31. The number of pyridine rings is 1. The molecule has 7 aromatic rings. The first-order chi connectivity index (χ1) is 23.5. The fraction of sp³-hybridized carbons (Fsp3) is 0.156. The van der Waals surface area contributed by atoms with E-state index < -0.39 is 5.41 Å². The highest BCUT2D eigenvalue weighted by Gasteiger charge is 2.39. The summed E-state index contributed by atoms with van der Waals surface area (Å²) in [6, 6.07) is 52.4. The highest BCUT2D eigenvalue weighted by atomic mass is 15.1. The largest absolute Gasteiger partial charge is 0.299 e. The van der Waals surface area contributed by atoms with Gasteiger partial charge in [0.2, 0.25) is 0 Å². The van der Waals surface area contributed by atoms with E-state index in [0.29, 0.717) is 11.8 Å². The smallest absolute Gasteiger partial charge is 0.144 e. The molecule has 0 unspecified atom stereocenters. The summed E-state index contributed by atoms with van der Waals surface area (Å²) in [5.41, 5.74) is 11.1. The van der Waals surface area contributed by atoms with Crippen LogP contribution in [-0.4, -0.2) is 14.5 Å². The van der Waals surface area contributed by atoms with Gasteiger partial charge in [0, 0.05) is 29.7 Å². The summed E-state index contributed by atoms with van der Waals surface area (Å²) >= 11 is 0. The van der Waals surface area contributed by atoms with Gasteiger partial charge in [0.1, 0.15) is 5.82 Å². The van der Waals surface area contributed by atoms with Gasteiger partial charge in [0.25, 0.3) is 0 Å². The van der Waals surface area contributed by atoms with Gasteiger partial charge in [-0.1, -0.05) is 149 Å². The SMILES string of the molecule is CC(C)c1cccc(C(C)C)c1-n1ccnc1-c1cccc(C(c2ccccc2)(c2ccccc2)c2cccc(-c3ccccn3)c2)c1. The molecule has 0 N–H and O–H groups in total. The van der Waals surface area contributed by atoms with Gasteiger partial charge in [0.15, 0.2) is 0 Å². The molecule has 7 rings (SSSR count). The molecular formula is C45H41N3. The molecule has 0 aliphatic heterocycles. The number of rotatable bonds is 9. The molecule has 0 aliphatic carbocycles. The molecule has 0 radical (unpaired) electrons. The zero-order chi connectivity index (χ0) is 33.1. The summed E-state index contributed by atoms with van der Waals surface area (Å²) in [5, 5.41) is 0. The van der Waals surface area contributed by atoms with Crippen LogP contribution in [0, 0.1) is 0 Å². The second-order valence-electron chi connectivity index (χ2n) is 13.1. The van der Waals surface area contributed by atoms with Crippen molar-refractivity contribution in [3.8, 4) is 28.3 Å². The van der Waals surface area contributed by atoms with Gasteiger partial charge in [-0.3, -0.25) is 9.55 Å². The lowest BCUT2D eigenvalue weighted by Gasteiger charge is -2.37. The van der Waals surface area contributed by atoms with E-state index >= 15 is 0 Å². The van der Waals surface area contributed by atoms with Gasteiger partial charge >= 0.3 is 0 Å². The van der Waals surface area contributed by atoms with Crippen LogP contribution in [0.4, 0.5) is 0 Å². The first-order valence-corrected chi connectivity index (χ1v) is 16.9. The van der Waals surface area contributed by atoms with Crippen molar-refractivity contribution >= 4 is 0 Å². The lowest BCUT2D eigenvalue weighted by atomic mass is 9.64. The van der Waals surface area contributed by atoms with E-state index in [2.05, 4.69) is 172 Å². The molecule has 3 nitrogen and oxygen atoms in total. The number of benzene rings is 5.